The molecule has 0 spiro atoms. The van der Waals surface area contributed by atoms with Crippen LogP contribution in [0.4, 0.5) is 0 Å². The van der Waals surface area contributed by atoms with Gasteiger partial charge in [-0.3, -0.25) is 9.59 Å². The van der Waals surface area contributed by atoms with Crippen LogP contribution in [-0.2, 0) is 9.53 Å². The molecule has 0 aromatic heterocycles. The maximum absolute atomic E-state index is 11.8. The molecule has 16 heavy (non-hydrogen) atoms. The van der Waals surface area contributed by atoms with Gasteiger partial charge in [-0.1, -0.05) is 29.8 Å². The summed E-state index contributed by atoms with van der Waals surface area (Å²) in [6.07, 6.45) is 0. The van der Waals surface area contributed by atoms with Gasteiger partial charge in [0, 0.05) is 5.56 Å². The number of rotatable bonds is 3. The van der Waals surface area contributed by atoms with Gasteiger partial charge in [-0.05, 0) is 6.92 Å². The summed E-state index contributed by atoms with van der Waals surface area (Å²) >= 11 is 0. The van der Waals surface area contributed by atoms with Gasteiger partial charge in [-0.15, -0.1) is 0 Å². The second-order valence-electron chi connectivity index (χ2n) is 3.32. The van der Waals surface area contributed by atoms with Crippen LogP contribution in [0.15, 0.2) is 24.3 Å². The molecule has 1 atom stereocenters. The third-order valence-electron chi connectivity index (χ3n) is 2.16. The van der Waals surface area contributed by atoms with Crippen molar-refractivity contribution in [3.05, 3.63) is 35.4 Å². The van der Waals surface area contributed by atoms with Gasteiger partial charge >= 0.3 is 5.97 Å². The highest BCUT2D eigenvalue weighted by Crippen LogP contribution is 2.11. The molecule has 1 aromatic carbocycles. The summed E-state index contributed by atoms with van der Waals surface area (Å²) in [4.78, 5) is 22.9. The zero-order valence-electron chi connectivity index (χ0n) is 9.06. The summed E-state index contributed by atoms with van der Waals surface area (Å²) in [7, 11) is 1.15. The summed E-state index contributed by atoms with van der Waals surface area (Å²) in [5.74, 6) is -2.74. The van der Waals surface area contributed by atoms with Gasteiger partial charge in [0.05, 0.1) is 13.2 Å². The molecule has 0 amide bonds. The number of ketones is 1. The third kappa shape index (κ3) is 2.45. The number of carbonyl (C=O) groups excluding carboxylic acids is 2. The van der Waals surface area contributed by atoms with Crippen molar-refractivity contribution in [1.82, 2.24) is 0 Å². The van der Waals surface area contributed by atoms with Crippen molar-refractivity contribution in [1.29, 1.82) is 5.26 Å². The van der Waals surface area contributed by atoms with Crippen LogP contribution >= 0.6 is 0 Å². The average molecular weight is 217 g/mol. The molecule has 0 saturated heterocycles. The van der Waals surface area contributed by atoms with Gasteiger partial charge in [0.25, 0.3) is 0 Å². The van der Waals surface area contributed by atoms with Gasteiger partial charge < -0.3 is 4.74 Å². The fourth-order valence-electron chi connectivity index (χ4n) is 1.22. The van der Waals surface area contributed by atoms with Crippen LogP contribution in [0, 0.1) is 24.2 Å². The molecule has 0 aliphatic heterocycles. The van der Waals surface area contributed by atoms with Crippen LogP contribution in [-0.4, -0.2) is 18.9 Å². The lowest BCUT2D eigenvalue weighted by Gasteiger charge is -2.05. The van der Waals surface area contributed by atoms with E-state index in [1.807, 2.05) is 6.92 Å². The molecular formula is C12H11NO3. The van der Waals surface area contributed by atoms with E-state index in [1.54, 1.807) is 30.3 Å². The van der Waals surface area contributed by atoms with Crippen LogP contribution in [0.25, 0.3) is 0 Å². The Kier molecular flexibility index (Phi) is 3.78. The summed E-state index contributed by atoms with van der Waals surface area (Å²) < 4.78 is 4.39. The van der Waals surface area contributed by atoms with Crippen molar-refractivity contribution < 1.29 is 14.3 Å². The van der Waals surface area contributed by atoms with Crippen molar-refractivity contribution in [2.45, 2.75) is 6.92 Å². The fourth-order valence-corrected chi connectivity index (χ4v) is 1.22. The Morgan fingerprint density at radius 2 is 1.88 bits per heavy atom. The van der Waals surface area contributed by atoms with E-state index in [0.29, 0.717) is 5.56 Å². The molecule has 82 valence electrons. The second-order valence-corrected chi connectivity index (χ2v) is 3.32. The zero-order chi connectivity index (χ0) is 12.1. The predicted octanol–water partition coefficient (Wildman–Crippen LogP) is 1.49. The average Bonchev–Trinajstić information content (AvgIpc) is 2.30. The Morgan fingerprint density at radius 1 is 1.31 bits per heavy atom. The number of hydrogen-bond acceptors (Lipinski definition) is 4. The first kappa shape index (κ1) is 11.9. The second kappa shape index (κ2) is 5.08. The van der Waals surface area contributed by atoms with Crippen LogP contribution in [0.1, 0.15) is 15.9 Å². The van der Waals surface area contributed by atoms with E-state index < -0.39 is 17.7 Å². The molecule has 4 nitrogen and oxygen atoms in total. The minimum Gasteiger partial charge on any atom is -0.468 e. The molecular weight excluding hydrogens is 206 g/mol. The fraction of sp³-hybridized carbons (Fsp3) is 0.250. The van der Waals surface area contributed by atoms with Gasteiger partial charge in [0.1, 0.15) is 0 Å². The van der Waals surface area contributed by atoms with Gasteiger partial charge in [-0.2, -0.15) is 5.26 Å². The highest BCUT2D eigenvalue weighted by atomic mass is 16.5. The number of Topliss-reactive ketones (excluding diaryl/α,β-unsaturated/α-hetero) is 1. The molecule has 4 heteroatoms. The number of aryl methyl sites for hydroxylation is 1. The van der Waals surface area contributed by atoms with E-state index >= 15 is 0 Å². The lowest BCUT2D eigenvalue weighted by Crippen LogP contribution is -2.23. The van der Waals surface area contributed by atoms with Gasteiger partial charge in [-0.25, -0.2) is 0 Å². The minimum absolute atomic E-state index is 0.336. The molecule has 0 bridgehead atoms. The van der Waals surface area contributed by atoms with E-state index in [2.05, 4.69) is 4.74 Å². The molecule has 1 unspecified atom stereocenters. The van der Waals surface area contributed by atoms with Gasteiger partial charge in [0.2, 0.25) is 5.92 Å². The van der Waals surface area contributed by atoms with E-state index in [4.69, 9.17) is 5.26 Å². The Hall–Kier alpha value is -2.15. The molecule has 0 heterocycles. The zero-order valence-corrected chi connectivity index (χ0v) is 9.06. The summed E-state index contributed by atoms with van der Waals surface area (Å²) in [5.41, 5.74) is 1.34. The minimum atomic E-state index is -1.38. The monoisotopic (exact) mass is 217 g/mol. The van der Waals surface area contributed by atoms with Crippen molar-refractivity contribution >= 4 is 11.8 Å². The summed E-state index contributed by atoms with van der Waals surface area (Å²) in [5, 5.41) is 8.74. The first-order chi connectivity index (χ1) is 7.60. The third-order valence-corrected chi connectivity index (χ3v) is 2.16. The lowest BCUT2D eigenvalue weighted by molar-refractivity contribution is -0.141. The predicted molar refractivity (Wildman–Crippen MR) is 56.6 cm³/mol. The Labute approximate surface area is 93.5 Å². The highest BCUT2D eigenvalue weighted by Gasteiger charge is 2.28. The van der Waals surface area contributed by atoms with E-state index in [1.165, 1.54) is 0 Å². The molecule has 0 fully saturated rings. The number of nitrogens with zero attached hydrogens (tertiary/aromatic N) is 1. The van der Waals surface area contributed by atoms with Crippen LogP contribution in [0.2, 0.25) is 0 Å². The molecule has 0 radical (unpaired) electrons. The van der Waals surface area contributed by atoms with Crippen molar-refractivity contribution in [2.75, 3.05) is 7.11 Å². The molecule has 1 rings (SSSR count). The molecule has 0 N–H and O–H groups in total. The van der Waals surface area contributed by atoms with E-state index in [9.17, 15) is 9.59 Å². The first-order valence-corrected chi connectivity index (χ1v) is 4.68. The molecule has 0 aliphatic carbocycles. The van der Waals surface area contributed by atoms with Crippen LogP contribution < -0.4 is 0 Å². The normalized spacial score (nSPS) is 11.3. The number of esters is 1. The number of carbonyl (C=O) groups is 2. The Bertz CT molecular complexity index is 442. The lowest BCUT2D eigenvalue weighted by atomic mass is 9.98. The summed E-state index contributed by atoms with van der Waals surface area (Å²) in [6, 6.07) is 8.32. The SMILES string of the molecule is COC(=O)C(C#N)C(=O)c1ccc(C)cc1. The summed E-state index contributed by atoms with van der Waals surface area (Å²) in [6.45, 7) is 1.89. The van der Waals surface area contributed by atoms with Crippen molar-refractivity contribution in [3.63, 3.8) is 0 Å². The Balaban J connectivity index is 2.97. The van der Waals surface area contributed by atoms with Gasteiger partial charge in [0.15, 0.2) is 5.78 Å². The Morgan fingerprint density at radius 3 is 2.31 bits per heavy atom. The molecule has 0 aliphatic rings. The van der Waals surface area contributed by atoms with Crippen LogP contribution in [0.3, 0.4) is 0 Å². The number of hydrogen-bond donors (Lipinski definition) is 0. The van der Waals surface area contributed by atoms with Crippen molar-refractivity contribution in [2.24, 2.45) is 5.92 Å². The quantitative estimate of drug-likeness (QED) is 0.437. The van der Waals surface area contributed by atoms with E-state index in [-0.39, 0.29) is 0 Å². The molecule has 0 saturated carbocycles. The smallest absolute Gasteiger partial charge is 0.331 e. The molecule has 1 aromatic rings. The van der Waals surface area contributed by atoms with Crippen molar-refractivity contribution in [3.8, 4) is 6.07 Å². The topological polar surface area (TPSA) is 67.2 Å². The van der Waals surface area contributed by atoms with E-state index in [0.717, 1.165) is 12.7 Å². The van der Waals surface area contributed by atoms with Crippen LogP contribution in [0.5, 0.6) is 0 Å². The largest absolute Gasteiger partial charge is 0.468 e. The first-order valence-electron chi connectivity index (χ1n) is 4.68. The maximum atomic E-state index is 11.8. The number of nitriles is 1. The maximum Gasteiger partial charge on any atom is 0.331 e. The number of benzene rings is 1. The highest BCUT2D eigenvalue weighted by molar-refractivity contribution is 6.10. The standard InChI is InChI=1S/C12H11NO3/c1-8-3-5-9(6-4-8)11(14)10(7-13)12(15)16-2/h3-6,10H,1-2H3. The number of methoxy groups -OCH3 is 1. The number of ether oxygens (including phenoxy) is 1.